The maximum atomic E-state index is 12.0. The molecule has 0 bridgehead atoms. The lowest BCUT2D eigenvalue weighted by molar-refractivity contribution is -0.121. The van der Waals surface area contributed by atoms with Crippen molar-refractivity contribution in [1.82, 2.24) is 5.32 Å². The van der Waals surface area contributed by atoms with Crippen LogP contribution in [-0.2, 0) is 14.8 Å². The average molecular weight is 366 g/mol. The fourth-order valence-corrected chi connectivity index (χ4v) is 3.34. The number of benzene rings is 1. The number of primary sulfonamides is 1. The van der Waals surface area contributed by atoms with Crippen LogP contribution in [0.1, 0.15) is 41.0 Å². The van der Waals surface area contributed by atoms with Gasteiger partial charge in [-0.1, -0.05) is 18.2 Å². The van der Waals surface area contributed by atoms with Crippen LogP contribution in [0.15, 0.2) is 46.7 Å². The van der Waals surface area contributed by atoms with Gasteiger partial charge in [0, 0.05) is 12.8 Å². The molecule has 0 radical (unpaired) electrons. The monoisotopic (exact) mass is 366 g/mol. The minimum absolute atomic E-state index is 0.0197. The largest absolute Gasteiger partial charge is 0.350 e. The molecule has 3 N–H and O–H groups in total. The van der Waals surface area contributed by atoms with Gasteiger partial charge in [0.15, 0.2) is 5.78 Å². The quantitative estimate of drug-likeness (QED) is 0.733. The van der Waals surface area contributed by atoms with Crippen LogP contribution in [0.2, 0.25) is 0 Å². The molecule has 8 heteroatoms. The number of rotatable bonds is 7. The lowest BCUT2D eigenvalue weighted by Crippen LogP contribution is -2.27. The molecule has 0 spiro atoms. The van der Waals surface area contributed by atoms with Crippen LogP contribution in [0.5, 0.6) is 0 Å². The first-order chi connectivity index (χ1) is 11.3. The zero-order chi connectivity index (χ0) is 17.7. The number of amides is 1. The fraction of sp³-hybridized carbons (Fsp3) is 0.250. The van der Waals surface area contributed by atoms with E-state index in [0.29, 0.717) is 4.88 Å². The third-order valence-corrected chi connectivity index (χ3v) is 5.30. The van der Waals surface area contributed by atoms with Gasteiger partial charge in [0.05, 0.1) is 15.8 Å². The van der Waals surface area contributed by atoms with Gasteiger partial charge in [-0.05, 0) is 36.1 Å². The molecule has 0 aliphatic carbocycles. The second-order valence-electron chi connectivity index (χ2n) is 5.30. The van der Waals surface area contributed by atoms with E-state index >= 15 is 0 Å². The van der Waals surface area contributed by atoms with E-state index in [0.717, 1.165) is 5.56 Å². The Hall–Kier alpha value is -2.03. The van der Waals surface area contributed by atoms with Gasteiger partial charge in [0.1, 0.15) is 0 Å². The summed E-state index contributed by atoms with van der Waals surface area (Å²) in [6.07, 6.45) is 0.264. The van der Waals surface area contributed by atoms with Crippen molar-refractivity contribution in [1.29, 1.82) is 0 Å². The molecule has 128 valence electrons. The second-order valence-corrected chi connectivity index (χ2v) is 7.81. The van der Waals surface area contributed by atoms with Gasteiger partial charge >= 0.3 is 0 Å². The topological polar surface area (TPSA) is 106 Å². The van der Waals surface area contributed by atoms with Gasteiger partial charge < -0.3 is 5.32 Å². The van der Waals surface area contributed by atoms with Crippen molar-refractivity contribution in [3.05, 3.63) is 52.2 Å². The lowest BCUT2D eigenvalue weighted by atomic mass is 10.1. The van der Waals surface area contributed by atoms with Gasteiger partial charge in [-0.25, -0.2) is 13.6 Å². The molecule has 1 aromatic heterocycles. The van der Waals surface area contributed by atoms with E-state index in [-0.39, 0.29) is 35.5 Å². The highest BCUT2D eigenvalue weighted by molar-refractivity contribution is 7.89. The van der Waals surface area contributed by atoms with E-state index in [9.17, 15) is 18.0 Å². The number of sulfonamides is 1. The molecule has 0 aliphatic heterocycles. The zero-order valence-corrected chi connectivity index (χ0v) is 14.7. The van der Waals surface area contributed by atoms with Gasteiger partial charge in [0.25, 0.3) is 0 Å². The molecular weight excluding hydrogens is 348 g/mol. The van der Waals surface area contributed by atoms with E-state index in [4.69, 9.17) is 5.14 Å². The molecule has 0 aliphatic rings. The Morgan fingerprint density at radius 1 is 1.17 bits per heavy atom. The van der Waals surface area contributed by atoms with Crippen molar-refractivity contribution in [2.45, 2.75) is 30.7 Å². The molecule has 0 saturated heterocycles. The van der Waals surface area contributed by atoms with Gasteiger partial charge in [-0.2, -0.15) is 0 Å². The Balaban J connectivity index is 1.88. The van der Waals surface area contributed by atoms with Crippen LogP contribution in [0.4, 0.5) is 0 Å². The summed E-state index contributed by atoms with van der Waals surface area (Å²) in [6, 6.07) is 9.22. The first-order valence-corrected chi connectivity index (χ1v) is 9.69. The minimum Gasteiger partial charge on any atom is -0.350 e. The Morgan fingerprint density at radius 2 is 1.83 bits per heavy atom. The summed E-state index contributed by atoms with van der Waals surface area (Å²) in [7, 11) is -3.73. The lowest BCUT2D eigenvalue weighted by Gasteiger charge is -2.14. The summed E-state index contributed by atoms with van der Waals surface area (Å²) in [5, 5.41) is 9.65. The highest BCUT2D eigenvalue weighted by Gasteiger charge is 2.14. The molecule has 24 heavy (non-hydrogen) atoms. The van der Waals surface area contributed by atoms with Crippen LogP contribution < -0.4 is 10.5 Å². The summed E-state index contributed by atoms with van der Waals surface area (Å²) in [4.78, 5) is 24.5. The first kappa shape index (κ1) is 18.3. The van der Waals surface area contributed by atoms with E-state index in [2.05, 4.69) is 5.32 Å². The maximum Gasteiger partial charge on any atom is 0.238 e. The number of Topliss-reactive ketones (excluding diaryl/α,β-unsaturated/α-hetero) is 1. The number of carbonyl (C=O) groups excluding carboxylic acids is 2. The van der Waals surface area contributed by atoms with E-state index in [1.807, 2.05) is 5.38 Å². The van der Waals surface area contributed by atoms with Crippen LogP contribution in [0, 0.1) is 0 Å². The number of hydrogen-bond donors (Lipinski definition) is 2. The van der Waals surface area contributed by atoms with Crippen LogP contribution >= 0.6 is 11.3 Å². The van der Waals surface area contributed by atoms with Crippen molar-refractivity contribution < 1.29 is 18.0 Å². The predicted molar refractivity (Wildman–Crippen MR) is 92.3 cm³/mol. The summed E-state index contributed by atoms with van der Waals surface area (Å²) < 4.78 is 22.4. The number of carbonyl (C=O) groups is 2. The van der Waals surface area contributed by atoms with Gasteiger partial charge in [-0.15, -0.1) is 11.3 Å². The first-order valence-electron chi connectivity index (χ1n) is 7.26. The van der Waals surface area contributed by atoms with Crippen LogP contribution in [0.3, 0.4) is 0 Å². The minimum atomic E-state index is -3.73. The Labute approximate surface area is 144 Å². The molecule has 1 heterocycles. The number of hydrogen-bond acceptors (Lipinski definition) is 5. The number of nitrogens with two attached hydrogens (primary N) is 1. The molecule has 1 aromatic carbocycles. The van der Waals surface area contributed by atoms with Gasteiger partial charge in [-0.3, -0.25) is 9.59 Å². The fourth-order valence-electron chi connectivity index (χ4n) is 2.13. The maximum absolute atomic E-state index is 12.0. The summed E-state index contributed by atoms with van der Waals surface area (Å²) in [5.74, 6) is -0.284. The second kappa shape index (κ2) is 7.69. The Morgan fingerprint density at radius 3 is 2.38 bits per heavy atom. The van der Waals surface area contributed by atoms with Crippen LogP contribution in [0.25, 0.3) is 0 Å². The molecule has 2 rings (SSSR count). The number of nitrogens with one attached hydrogen (secondary N) is 1. The van der Waals surface area contributed by atoms with E-state index < -0.39 is 10.0 Å². The highest BCUT2D eigenvalue weighted by Crippen LogP contribution is 2.16. The van der Waals surface area contributed by atoms with Crippen molar-refractivity contribution in [2.24, 2.45) is 5.14 Å². The molecule has 0 saturated carbocycles. The summed E-state index contributed by atoms with van der Waals surface area (Å²) >= 11 is 1.36. The predicted octanol–water partition coefficient (Wildman–Crippen LogP) is 2.24. The average Bonchev–Trinajstić information content (AvgIpc) is 3.06. The standard InChI is InChI=1S/C16H18N2O4S2/c1-11(12-4-6-13(7-5-12)24(17,21)22)18-16(20)9-8-14(19)15-3-2-10-23-15/h2-7,10-11H,8-9H2,1H3,(H,18,20)(H2,17,21,22)/t11-/m0/s1. The number of thiophene rings is 1. The third-order valence-electron chi connectivity index (χ3n) is 3.46. The SMILES string of the molecule is C[C@H](NC(=O)CCC(=O)c1cccs1)c1ccc(S(N)(=O)=O)cc1. The molecular formula is C16H18N2O4S2. The zero-order valence-electron chi connectivity index (χ0n) is 13.1. The molecule has 2 aromatic rings. The van der Waals surface area contributed by atoms with E-state index in [1.54, 1.807) is 31.2 Å². The highest BCUT2D eigenvalue weighted by atomic mass is 32.2. The Bertz CT molecular complexity index is 812. The molecule has 1 atom stereocenters. The van der Waals surface area contributed by atoms with Crippen molar-refractivity contribution >= 4 is 33.1 Å². The summed E-state index contributed by atoms with van der Waals surface area (Å²) in [5.41, 5.74) is 0.750. The van der Waals surface area contributed by atoms with Gasteiger partial charge in [0.2, 0.25) is 15.9 Å². The number of ketones is 1. The molecule has 1 amide bonds. The van der Waals surface area contributed by atoms with Crippen molar-refractivity contribution in [2.75, 3.05) is 0 Å². The van der Waals surface area contributed by atoms with Crippen molar-refractivity contribution in [3.8, 4) is 0 Å². The van der Waals surface area contributed by atoms with E-state index in [1.165, 1.54) is 23.5 Å². The molecule has 0 fully saturated rings. The Kier molecular flexibility index (Phi) is 5.87. The van der Waals surface area contributed by atoms with Crippen LogP contribution in [-0.4, -0.2) is 20.1 Å². The molecule has 0 unspecified atom stereocenters. The third kappa shape index (κ3) is 4.98. The van der Waals surface area contributed by atoms with Crippen molar-refractivity contribution in [3.63, 3.8) is 0 Å². The molecule has 6 nitrogen and oxygen atoms in total. The smallest absolute Gasteiger partial charge is 0.238 e. The summed E-state index contributed by atoms with van der Waals surface area (Å²) in [6.45, 7) is 1.78. The normalized spacial score (nSPS) is 12.6.